The number of hydrogen-bond acceptors (Lipinski definition) is 11. The lowest BCUT2D eigenvalue weighted by Gasteiger charge is -2.30. The van der Waals surface area contributed by atoms with Gasteiger partial charge in [0, 0.05) is 93.1 Å². The highest BCUT2D eigenvalue weighted by Gasteiger charge is 2.54. The van der Waals surface area contributed by atoms with E-state index in [1.165, 1.54) is 23.2 Å². The monoisotopic (exact) mass is 1050 g/mol. The van der Waals surface area contributed by atoms with Crippen LogP contribution in [0.15, 0.2) is 65.7 Å². The van der Waals surface area contributed by atoms with Crippen molar-refractivity contribution in [2.75, 3.05) is 71.1 Å². The zero-order valence-electron chi connectivity index (χ0n) is 46.5. The Morgan fingerprint density at radius 3 is 1.31 bits per heavy atom. The summed E-state index contributed by atoms with van der Waals surface area (Å²) < 4.78 is 105. The van der Waals surface area contributed by atoms with Gasteiger partial charge in [0.05, 0.1) is 82.0 Å². The van der Waals surface area contributed by atoms with Gasteiger partial charge < -0.3 is 65.0 Å². The molecule has 1 aromatic heterocycles. The Kier molecular flexibility index (Phi) is 10.3. The maximum Gasteiger partial charge on any atom is 0.642 e. The van der Waals surface area contributed by atoms with Crippen LogP contribution in [0.5, 0.6) is 57.5 Å². The summed E-state index contributed by atoms with van der Waals surface area (Å²) in [4.78, 5) is 5.71. The first-order valence-electron chi connectivity index (χ1n) is 25.7. The lowest BCUT2D eigenvalue weighted by molar-refractivity contribution is 0.327. The minimum absolute atomic E-state index is 0.0248. The van der Waals surface area contributed by atoms with E-state index < -0.39 is 6.97 Å². The smallest absolute Gasteiger partial charge is 0.496 e. The molecule has 0 radical (unpaired) electrons. The predicted molar refractivity (Wildman–Crippen MR) is 309 cm³/mol. The van der Waals surface area contributed by atoms with Crippen molar-refractivity contribution in [1.29, 1.82) is 0 Å². The van der Waals surface area contributed by atoms with Gasteiger partial charge in [-0.3, -0.25) is 0 Å². The molecule has 0 N–H and O–H groups in total. The number of ether oxygens (including phenoxy) is 10. The highest BCUT2D eigenvalue weighted by atomic mass is 19.2. The van der Waals surface area contributed by atoms with E-state index in [9.17, 15) is 0 Å². The number of fused-ring (bicyclic) bond motifs is 17. The number of hydrogen-bond donors (Lipinski definition) is 0. The van der Waals surface area contributed by atoms with Gasteiger partial charge in [0.1, 0.15) is 28.4 Å². The van der Waals surface area contributed by atoms with Crippen LogP contribution >= 0.6 is 0 Å². The normalized spacial score (nSPS) is 14.2. The lowest BCUT2D eigenvalue weighted by atomic mass is 9.83. The summed E-state index contributed by atoms with van der Waals surface area (Å²) in [6.45, 7) is 7.85. The van der Waals surface area contributed by atoms with E-state index in [4.69, 9.17) is 52.4 Å². The van der Waals surface area contributed by atoms with Gasteiger partial charge in [0.25, 0.3) is 5.84 Å². The lowest BCUT2D eigenvalue weighted by Crippen LogP contribution is -2.57. The maximum atomic E-state index is 20.2. The number of halogens is 2. The molecule has 0 bridgehead atoms. The molecule has 13 nitrogen and oxygen atoms in total. The summed E-state index contributed by atoms with van der Waals surface area (Å²) in [5, 5.41) is 10.5. The van der Waals surface area contributed by atoms with Crippen molar-refractivity contribution in [2.45, 2.75) is 52.4 Å². The standard InChI is InChI=1S/C62H58BF2N3O10/c1-61(2,3)27-17-19-29-31(21-27)41-35(69-7)25-37(71-9)47-43-33(23-39(73-11)55(75-13)57(43)77-15)45-51(49(41)47)53(29)67-59(45)66-60-46-34-24-40(74-12)56(76-14)58(78-16)44(34)48-38(72-10)26-36(70-8)42-32-22-28(62(4,5)6)18-20-30(32)54(52(46)50(42)48)68(60)63(67,64)65/h17-26H,1-16H3. The molecule has 3 heterocycles. The second kappa shape index (κ2) is 16.3. The Hall–Kier alpha value is -8.40. The minimum Gasteiger partial charge on any atom is -0.496 e. The summed E-state index contributed by atoms with van der Waals surface area (Å²) in [7, 11) is 15.7. The van der Waals surface area contributed by atoms with Crippen LogP contribution in [0.2, 0.25) is 0 Å². The van der Waals surface area contributed by atoms with Crippen molar-refractivity contribution in [2.24, 2.45) is 4.99 Å². The van der Waals surface area contributed by atoms with Gasteiger partial charge >= 0.3 is 6.97 Å². The van der Waals surface area contributed by atoms with Crippen molar-refractivity contribution in [3.8, 4) is 57.5 Å². The van der Waals surface area contributed by atoms with Gasteiger partial charge in [-0.1, -0.05) is 59.7 Å². The first-order valence-corrected chi connectivity index (χ1v) is 25.7. The van der Waals surface area contributed by atoms with Gasteiger partial charge in [-0.15, -0.1) is 0 Å². The molecule has 10 aromatic carbocycles. The molecule has 0 fully saturated rings. The largest absolute Gasteiger partial charge is 0.642 e. The second-order valence-electron chi connectivity index (χ2n) is 22.3. The van der Waals surface area contributed by atoms with Crippen LogP contribution in [0.3, 0.4) is 0 Å². The minimum atomic E-state index is -4.95. The molecule has 0 saturated heterocycles. The number of aromatic nitrogens is 1. The summed E-state index contributed by atoms with van der Waals surface area (Å²) >= 11 is 0. The van der Waals surface area contributed by atoms with Crippen LogP contribution < -0.4 is 57.2 Å². The average Bonchev–Trinajstić information content (AvgIpc) is 2.82. The van der Waals surface area contributed by atoms with Gasteiger partial charge in [-0.25, -0.2) is 0 Å². The zero-order valence-corrected chi connectivity index (χ0v) is 46.5. The topological polar surface area (TPSA) is 113 Å². The molecule has 0 atom stereocenters. The summed E-state index contributed by atoms with van der Waals surface area (Å²) in [6, 6.07) is 19.6. The Bertz CT molecular complexity index is 4630. The Morgan fingerprint density at radius 1 is 0.397 bits per heavy atom. The van der Waals surface area contributed by atoms with Crippen LogP contribution in [-0.2, 0) is 10.8 Å². The summed E-state index contributed by atoms with van der Waals surface area (Å²) in [5.41, 5.74) is 2.08. The van der Waals surface area contributed by atoms with E-state index in [1.54, 1.807) is 56.9 Å². The van der Waals surface area contributed by atoms with Crippen molar-refractivity contribution in [3.63, 3.8) is 0 Å². The number of rotatable bonds is 10. The molecular weight excluding hydrogens is 996 g/mol. The quantitative estimate of drug-likeness (QED) is 0.0745. The third kappa shape index (κ3) is 5.89. The molecular formula is C62H58BF2N3O10. The van der Waals surface area contributed by atoms with Crippen LogP contribution in [0.4, 0.5) is 14.4 Å². The fraction of sp³-hybridized carbons (Fsp3) is 0.290. The number of methoxy groups -OCH3 is 10. The van der Waals surface area contributed by atoms with Crippen LogP contribution in [0.25, 0.3) is 97.1 Å². The predicted octanol–water partition coefficient (Wildman–Crippen LogP) is 13.5. The number of amidine groups is 1. The first kappa shape index (κ1) is 49.2. The van der Waals surface area contributed by atoms with Gasteiger partial charge in [-0.2, -0.15) is 0 Å². The average molecular weight is 1050 g/mol. The molecule has 398 valence electrons. The van der Waals surface area contributed by atoms with Gasteiger partial charge in [-0.05, 0) is 68.1 Å². The molecule has 16 heteroatoms. The van der Waals surface area contributed by atoms with Gasteiger partial charge in [0.15, 0.2) is 23.0 Å². The summed E-state index contributed by atoms with van der Waals surface area (Å²) in [6.07, 6.45) is 0. The van der Waals surface area contributed by atoms with E-state index in [2.05, 4.69) is 53.7 Å². The van der Waals surface area contributed by atoms with Crippen LogP contribution in [-0.4, -0.2) is 88.4 Å². The molecule has 2 aliphatic rings. The molecule has 0 spiro atoms. The molecule has 0 aliphatic carbocycles. The molecule has 0 amide bonds. The Balaban J connectivity index is 1.39. The molecule has 11 aromatic rings. The van der Waals surface area contributed by atoms with E-state index in [-0.39, 0.29) is 33.4 Å². The number of aliphatic imine (C=N–C) groups is 1. The first-order chi connectivity index (χ1) is 37.3. The fourth-order valence-electron chi connectivity index (χ4n) is 13.2. The van der Waals surface area contributed by atoms with Crippen molar-refractivity contribution >= 4 is 116 Å². The van der Waals surface area contributed by atoms with Gasteiger partial charge in [0.2, 0.25) is 17.3 Å². The Morgan fingerprint density at radius 2 is 0.833 bits per heavy atom. The summed E-state index contributed by atoms with van der Waals surface area (Å²) in [5.74, 6) is 3.85. The third-order valence-electron chi connectivity index (χ3n) is 16.6. The number of nitrogens with zero attached hydrogens (tertiary/aromatic N) is 3. The fourth-order valence-corrected chi connectivity index (χ4v) is 13.2. The highest BCUT2D eigenvalue weighted by Crippen LogP contribution is 2.61. The SMILES string of the molecule is COc1cc2c3c4c(c5ccc(C(C)(C)C)cc5c5c(OC)cc(OC)c(c2c(OC)c1OC)c45)=[N+]1C3=Nc2c3c4cc(OC)c(OC)c(OC)c4c4c(OC)cc(OC)c5c6cc(C(C)(C)C)ccc6c(c3c54)n2[B-]1(F)F. The van der Waals surface area contributed by atoms with E-state index in [0.29, 0.717) is 155 Å². The van der Waals surface area contributed by atoms with Crippen molar-refractivity contribution in [1.82, 2.24) is 8.96 Å². The molecule has 2 aliphatic heterocycles. The highest BCUT2D eigenvalue weighted by molar-refractivity contribution is 6.70. The Labute approximate surface area is 447 Å². The molecule has 0 saturated carbocycles. The van der Waals surface area contributed by atoms with E-state index in [1.807, 2.05) is 48.5 Å². The van der Waals surface area contributed by atoms with Crippen molar-refractivity contribution < 1.29 is 56.0 Å². The van der Waals surface area contributed by atoms with Crippen LogP contribution in [0.1, 0.15) is 58.2 Å². The van der Waals surface area contributed by atoms with E-state index >= 15 is 8.63 Å². The maximum absolute atomic E-state index is 20.2. The molecule has 13 rings (SSSR count). The molecule has 78 heavy (non-hydrogen) atoms. The molecule has 0 unspecified atom stereocenters. The van der Waals surface area contributed by atoms with E-state index in [0.717, 1.165) is 11.1 Å². The third-order valence-corrected chi connectivity index (χ3v) is 16.6. The van der Waals surface area contributed by atoms with Crippen molar-refractivity contribution in [3.05, 3.63) is 82.7 Å². The number of benzene rings is 10. The second-order valence-corrected chi connectivity index (χ2v) is 22.3. The van der Waals surface area contributed by atoms with Crippen LogP contribution in [0, 0.1) is 0 Å². The zero-order chi connectivity index (χ0) is 55.1.